The van der Waals surface area contributed by atoms with Gasteiger partial charge in [-0.25, -0.2) is 54.0 Å². The van der Waals surface area contributed by atoms with E-state index in [-0.39, 0.29) is 69.7 Å². The number of aromatic nitrogens is 12. The van der Waals surface area contributed by atoms with Crippen molar-refractivity contribution in [2.24, 2.45) is 0 Å². The van der Waals surface area contributed by atoms with Crippen LogP contribution in [0.3, 0.4) is 0 Å². The van der Waals surface area contributed by atoms with Crippen LogP contribution in [0, 0.1) is 0 Å². The molecule has 37 nitrogen and oxygen atoms in total. The summed E-state index contributed by atoms with van der Waals surface area (Å²) in [6.07, 6.45) is 5.16. The van der Waals surface area contributed by atoms with Gasteiger partial charge in [0.05, 0.1) is 52.0 Å². The molecule has 0 bridgehead atoms. The molecule has 0 amide bonds. The summed E-state index contributed by atoms with van der Waals surface area (Å²) in [5.41, 5.74) is 18.6. The maximum absolute atomic E-state index is 13.8. The minimum absolute atomic E-state index is 0.0243. The fraction of sp³-hybridized carbons (Fsp3) is 0.692. The third-order valence-corrected chi connectivity index (χ3v) is 22.9. The number of fused-ring (bicyclic) bond motifs is 3. The Bertz CT molecular complexity index is 3720. The lowest BCUT2D eigenvalue weighted by molar-refractivity contribution is -0.143. The quantitative estimate of drug-likeness (QED) is 0.0144. The van der Waals surface area contributed by atoms with Gasteiger partial charge in [-0.2, -0.15) is 0 Å². The van der Waals surface area contributed by atoms with Crippen molar-refractivity contribution in [3.05, 3.63) is 38.0 Å². The predicted molar refractivity (Wildman–Crippen MR) is 350 cm³/mol. The van der Waals surface area contributed by atoms with E-state index >= 15 is 0 Å². The molecule has 44 heteroatoms. The topological polar surface area (TPSA) is 523 Å². The molecular weight excluding hydrogens is 1410 g/mol. The van der Waals surface area contributed by atoms with Crippen LogP contribution in [0.4, 0.5) is 17.5 Å². The van der Waals surface area contributed by atoms with Crippen molar-refractivity contribution in [2.75, 3.05) is 62.6 Å². The first-order valence-electron chi connectivity index (χ1n) is 31.1. The number of aliphatic hydroxyl groups excluding tert-OH is 4. The molecule has 534 valence electrons. The van der Waals surface area contributed by atoms with Crippen LogP contribution in [0.5, 0.6) is 0 Å². The third kappa shape index (κ3) is 20.1. The van der Waals surface area contributed by atoms with Gasteiger partial charge < -0.3 is 85.2 Å². The molecule has 9 heterocycles. The number of imidazole rings is 3. The van der Waals surface area contributed by atoms with E-state index in [9.17, 15) is 48.8 Å². The minimum atomic E-state index is -4.80. The van der Waals surface area contributed by atoms with Crippen molar-refractivity contribution in [1.82, 2.24) is 58.6 Å². The van der Waals surface area contributed by atoms with Crippen LogP contribution in [0.25, 0.3) is 33.5 Å². The number of carbonyl (C=O) groups excluding carboxylic acids is 1. The monoisotopic (exact) mass is 1490 g/mol. The summed E-state index contributed by atoms with van der Waals surface area (Å²) in [7, 11) is -4.80. The molecule has 6 aromatic rings. The molecule has 3 aliphatic rings. The van der Waals surface area contributed by atoms with Gasteiger partial charge in [-0.1, -0.05) is 96.8 Å². The SMILES string of the molecule is CCCCCCCCCCCCCCCCCC(=O)OCCSP(=O)(O)O[C@H]1C(O)[C@@H](COP(O)(=S)O[C@H]2C(O)[C@@H](COP(O)(=S)O[C@H]3C(O)[C@@H](COP(=O)(O)OCCO)O[C@H]3n3cnc4c(N)ncnc43)O[C@H]2n2cnc3c(N)ncnc32)O[C@H]1n1cnc2c(N)ncnc21. The van der Waals surface area contributed by atoms with E-state index in [1.165, 1.54) is 96.9 Å². The summed E-state index contributed by atoms with van der Waals surface area (Å²) in [5.74, 6) is -0.728. The number of aliphatic hydroxyl groups is 4. The van der Waals surface area contributed by atoms with Crippen molar-refractivity contribution in [3.8, 4) is 0 Å². The lowest BCUT2D eigenvalue weighted by Crippen LogP contribution is -2.37. The number of ether oxygens (including phenoxy) is 4. The van der Waals surface area contributed by atoms with Crippen molar-refractivity contribution >= 4 is 120 Å². The summed E-state index contributed by atoms with van der Waals surface area (Å²) in [6.45, 7) is -15.7. The average Bonchev–Trinajstić information content (AvgIpc) is 1.62. The number of hydrogen-bond donors (Lipinski definition) is 11. The summed E-state index contributed by atoms with van der Waals surface area (Å²) in [6, 6.07) is 0. The number of rotatable bonds is 41. The Morgan fingerprint density at radius 2 is 0.896 bits per heavy atom. The van der Waals surface area contributed by atoms with E-state index in [2.05, 4.69) is 56.3 Å². The number of nitrogens with zero attached hydrogens (tertiary/aromatic N) is 12. The smallest absolute Gasteiger partial charge is 0.465 e. The highest BCUT2D eigenvalue weighted by atomic mass is 32.7. The Morgan fingerprint density at radius 3 is 1.28 bits per heavy atom. The van der Waals surface area contributed by atoms with Crippen molar-refractivity contribution in [1.29, 1.82) is 0 Å². The third-order valence-electron chi connectivity index (χ3n) is 15.8. The average molecular weight is 1490 g/mol. The molecule has 6 aromatic heterocycles. The predicted octanol–water partition coefficient (Wildman–Crippen LogP) is 4.41. The van der Waals surface area contributed by atoms with Gasteiger partial charge in [0.2, 0.25) is 0 Å². The van der Waals surface area contributed by atoms with Crippen molar-refractivity contribution in [3.63, 3.8) is 0 Å². The fourth-order valence-corrected chi connectivity index (χ4v) is 17.0. The Kier molecular flexibility index (Phi) is 27.7. The fourth-order valence-electron chi connectivity index (χ4n) is 11.0. The van der Waals surface area contributed by atoms with Gasteiger partial charge in [0.15, 0.2) is 53.1 Å². The number of unbranched alkanes of at least 4 members (excludes halogenated alkanes) is 14. The maximum Gasteiger partial charge on any atom is 0.472 e. The van der Waals surface area contributed by atoms with E-state index in [1.807, 2.05) is 0 Å². The number of phosphoric ester groups is 1. The zero-order chi connectivity index (χ0) is 68.8. The normalized spacial score (nSPS) is 26.3. The summed E-state index contributed by atoms with van der Waals surface area (Å²) < 4.78 is 92.8. The van der Waals surface area contributed by atoms with Gasteiger partial charge in [0.1, 0.15) is 97.1 Å². The molecule has 0 aromatic carbocycles. The van der Waals surface area contributed by atoms with Crippen LogP contribution in [0.15, 0.2) is 38.0 Å². The van der Waals surface area contributed by atoms with Crippen LogP contribution in [0.1, 0.15) is 128 Å². The molecule has 16 atom stereocenters. The van der Waals surface area contributed by atoms with Crippen LogP contribution in [-0.2, 0) is 88.2 Å². The Hall–Kier alpha value is -4.09. The second-order valence-electron chi connectivity index (χ2n) is 22.7. The van der Waals surface area contributed by atoms with E-state index < -0.39 is 141 Å². The molecule has 0 radical (unpaired) electrons. The zero-order valence-electron chi connectivity index (χ0n) is 52.1. The van der Waals surface area contributed by atoms with Gasteiger partial charge in [-0.15, -0.1) is 0 Å². The van der Waals surface area contributed by atoms with E-state index in [0.29, 0.717) is 17.8 Å². The van der Waals surface area contributed by atoms with Crippen LogP contribution < -0.4 is 17.2 Å². The Balaban J connectivity index is 0.821. The largest absolute Gasteiger partial charge is 0.472 e. The lowest BCUT2D eigenvalue weighted by Gasteiger charge is -2.27. The van der Waals surface area contributed by atoms with Crippen molar-refractivity contribution < 1.29 is 105 Å². The molecular formula is C52H81N15O22P4S3. The van der Waals surface area contributed by atoms with E-state index in [1.54, 1.807) is 0 Å². The molecule has 9 rings (SSSR count). The highest BCUT2D eigenvalue weighted by Gasteiger charge is 2.54. The second kappa shape index (κ2) is 35.0. The number of esters is 1. The first-order chi connectivity index (χ1) is 45.9. The molecule has 0 spiro atoms. The van der Waals surface area contributed by atoms with Gasteiger partial charge in [0.25, 0.3) is 0 Å². The molecule has 96 heavy (non-hydrogen) atoms. The maximum atomic E-state index is 13.8. The van der Waals surface area contributed by atoms with Gasteiger partial charge in [0, 0.05) is 12.2 Å². The highest BCUT2D eigenvalue weighted by molar-refractivity contribution is 8.54. The van der Waals surface area contributed by atoms with Gasteiger partial charge >= 0.3 is 34.0 Å². The molecule has 0 saturated carbocycles. The summed E-state index contributed by atoms with van der Waals surface area (Å²) in [4.78, 5) is 94.7. The highest BCUT2D eigenvalue weighted by Crippen LogP contribution is 2.59. The molecule has 14 N–H and O–H groups in total. The molecule has 0 aliphatic carbocycles. The first-order valence-corrected chi connectivity index (χ1v) is 40.9. The summed E-state index contributed by atoms with van der Waals surface area (Å²) >= 11 is 11.4. The van der Waals surface area contributed by atoms with E-state index in [0.717, 1.165) is 44.7 Å². The number of phosphoric acid groups is 1. The molecule has 7 unspecified atom stereocenters. The van der Waals surface area contributed by atoms with Gasteiger partial charge in [-0.3, -0.25) is 41.1 Å². The number of hydrogen-bond acceptors (Lipinski definition) is 33. The van der Waals surface area contributed by atoms with Gasteiger partial charge in [-0.05, 0) is 41.4 Å². The zero-order valence-corrected chi connectivity index (χ0v) is 58.1. The number of anilines is 3. The lowest BCUT2D eigenvalue weighted by atomic mass is 10.0. The number of carbonyl (C=O) groups is 1. The number of nitrogen functional groups attached to an aromatic ring is 3. The molecule has 3 saturated heterocycles. The second-order valence-corrected chi connectivity index (χ2v) is 33.7. The minimum Gasteiger partial charge on any atom is -0.465 e. The van der Waals surface area contributed by atoms with Crippen molar-refractivity contribution in [2.45, 2.75) is 183 Å². The molecule has 3 fully saturated rings. The Morgan fingerprint density at radius 1 is 0.531 bits per heavy atom. The summed E-state index contributed by atoms with van der Waals surface area (Å²) in [5, 5.41) is 44.6. The van der Waals surface area contributed by atoms with Crippen LogP contribution in [0.2, 0.25) is 0 Å². The van der Waals surface area contributed by atoms with Crippen LogP contribution in [-0.4, -0.2) is 205 Å². The standard InChI is InChI=1S/C52H81N15O22P4S3/c1-2-3-4-5-6-7-8-9-10-11-12-13-14-15-16-17-34(69)79-20-21-96-91(75,76)87-41-38(70)32(85-50(41)65-28-62-35-44(53)56-25-59-47(35)65)23-82-92(77,94)89-43-40(72)33(86-52(43)67-30-64-37-46(55)58-27-61-49(37)67)24-83-93(78,95)88-42-39(71)31(22-81-90(73,74)80-19-18-68)84-51(42)66-29-63-36-45(54)57-26-60-48(36)66/h25-33,38-43,50-52,68,70-72H,2-24H2,1H3,(H,73,74)(H,75,76)(H,77,94)(H,78,95)(H2,53,56,59)(H2,54,57,60)(H2,55,58,61)/t31-,32-,33-,38?,39?,40?,41+,42+,43+,50-,51-,52-,92?,93?/m1/s1. The van der Waals surface area contributed by atoms with Crippen LogP contribution >= 0.6 is 39.4 Å². The van der Waals surface area contributed by atoms with E-state index in [4.69, 9.17) is 92.0 Å². The Labute approximate surface area is 564 Å². The number of nitrogens with two attached hydrogens (primary N) is 3. The molecule has 3 aliphatic heterocycles. The first kappa shape index (κ1) is 76.1.